The molecule has 1 aromatic carbocycles. The molecular formula is C24H32N2O5. The van der Waals surface area contributed by atoms with Gasteiger partial charge in [-0.3, -0.25) is 0 Å². The lowest BCUT2D eigenvalue weighted by Crippen LogP contribution is -2.30. The first kappa shape index (κ1) is 23.2. The van der Waals surface area contributed by atoms with Gasteiger partial charge in [0.2, 0.25) is 0 Å². The molecule has 1 fully saturated rings. The Kier molecular flexibility index (Phi) is 8.37. The Morgan fingerprint density at radius 2 is 1.71 bits per heavy atom. The van der Waals surface area contributed by atoms with E-state index in [2.05, 4.69) is 16.9 Å². The molecule has 1 aromatic heterocycles. The lowest BCUT2D eigenvalue weighted by molar-refractivity contribution is -0.162. The average Bonchev–Trinajstić information content (AvgIpc) is 3.14. The highest BCUT2D eigenvalue weighted by Gasteiger charge is 2.38. The van der Waals surface area contributed by atoms with E-state index in [1.165, 1.54) is 32.1 Å². The fourth-order valence-electron chi connectivity index (χ4n) is 3.27. The summed E-state index contributed by atoms with van der Waals surface area (Å²) in [7, 11) is 0. The van der Waals surface area contributed by atoms with E-state index in [4.69, 9.17) is 18.9 Å². The third-order valence-corrected chi connectivity index (χ3v) is 5.00. The molecule has 0 bridgehead atoms. The minimum atomic E-state index is -0.768. The fraction of sp³-hybridized carbons (Fsp3) is 0.542. The van der Waals surface area contributed by atoms with Gasteiger partial charge in [-0.1, -0.05) is 39.0 Å². The van der Waals surface area contributed by atoms with Crippen molar-refractivity contribution in [1.82, 2.24) is 9.97 Å². The molecule has 168 valence electrons. The smallest absolute Gasteiger partial charge is 0.343 e. The minimum Gasteiger partial charge on any atom is -0.490 e. The summed E-state index contributed by atoms with van der Waals surface area (Å²) < 4.78 is 22.0. The predicted octanol–water partition coefficient (Wildman–Crippen LogP) is 4.94. The summed E-state index contributed by atoms with van der Waals surface area (Å²) in [5.74, 6) is 0.445. The maximum atomic E-state index is 12.2. The van der Waals surface area contributed by atoms with Crippen molar-refractivity contribution in [3.05, 3.63) is 36.7 Å². The molecule has 7 nitrogen and oxygen atoms in total. The van der Waals surface area contributed by atoms with Crippen LogP contribution in [0.3, 0.4) is 0 Å². The molecule has 1 atom stereocenters. The van der Waals surface area contributed by atoms with Gasteiger partial charge >= 0.3 is 5.97 Å². The van der Waals surface area contributed by atoms with E-state index in [0.29, 0.717) is 23.9 Å². The Morgan fingerprint density at radius 3 is 2.35 bits per heavy atom. The van der Waals surface area contributed by atoms with E-state index in [-0.39, 0.29) is 6.61 Å². The minimum absolute atomic E-state index is 0.186. The Hall–Kier alpha value is -2.51. The SMILES string of the molecule is CCCCCCCCOc1cnc(-c2ccc(OC(=O)C3COC(C)(C)O3)cc2)nc1. The zero-order chi connectivity index (χ0) is 22.1. The van der Waals surface area contributed by atoms with E-state index in [0.717, 1.165) is 12.0 Å². The Morgan fingerprint density at radius 1 is 1.03 bits per heavy atom. The summed E-state index contributed by atoms with van der Waals surface area (Å²) >= 11 is 0. The van der Waals surface area contributed by atoms with Crippen LogP contribution in [0.15, 0.2) is 36.7 Å². The molecule has 1 saturated heterocycles. The zero-order valence-electron chi connectivity index (χ0n) is 18.6. The van der Waals surface area contributed by atoms with Gasteiger partial charge in [-0.2, -0.15) is 0 Å². The number of aromatic nitrogens is 2. The summed E-state index contributed by atoms with van der Waals surface area (Å²) in [5.41, 5.74) is 0.823. The van der Waals surface area contributed by atoms with Crippen LogP contribution in [-0.4, -0.2) is 41.0 Å². The highest BCUT2D eigenvalue weighted by atomic mass is 16.8. The van der Waals surface area contributed by atoms with Gasteiger partial charge < -0.3 is 18.9 Å². The summed E-state index contributed by atoms with van der Waals surface area (Å²) in [6.07, 6.45) is 10.0. The van der Waals surface area contributed by atoms with Crippen LogP contribution in [-0.2, 0) is 14.3 Å². The normalized spacial score (nSPS) is 17.5. The lowest BCUT2D eigenvalue weighted by Gasteiger charge is -2.16. The van der Waals surface area contributed by atoms with Crippen LogP contribution in [0.4, 0.5) is 0 Å². The van der Waals surface area contributed by atoms with Gasteiger partial charge in [-0.05, 0) is 44.5 Å². The van der Waals surface area contributed by atoms with E-state index in [1.54, 1.807) is 38.4 Å². The molecule has 0 radical (unpaired) electrons. The first-order chi connectivity index (χ1) is 15.0. The molecule has 2 heterocycles. The van der Waals surface area contributed by atoms with Crippen molar-refractivity contribution in [2.75, 3.05) is 13.2 Å². The van der Waals surface area contributed by atoms with E-state index >= 15 is 0 Å². The van der Waals surface area contributed by atoms with Crippen molar-refractivity contribution < 1.29 is 23.7 Å². The maximum Gasteiger partial charge on any atom is 0.343 e. The quantitative estimate of drug-likeness (QED) is 0.285. The van der Waals surface area contributed by atoms with Crippen molar-refractivity contribution in [2.45, 2.75) is 71.2 Å². The summed E-state index contributed by atoms with van der Waals surface area (Å²) in [6, 6.07) is 7.04. The van der Waals surface area contributed by atoms with Crippen LogP contribution in [0.2, 0.25) is 0 Å². The average molecular weight is 429 g/mol. The molecule has 0 spiro atoms. The predicted molar refractivity (Wildman–Crippen MR) is 117 cm³/mol. The van der Waals surface area contributed by atoms with Gasteiger partial charge in [0.15, 0.2) is 23.5 Å². The van der Waals surface area contributed by atoms with Crippen LogP contribution in [0, 0.1) is 0 Å². The molecule has 1 unspecified atom stereocenters. The maximum absolute atomic E-state index is 12.2. The number of rotatable bonds is 11. The summed E-state index contributed by atoms with van der Waals surface area (Å²) in [4.78, 5) is 21.0. The van der Waals surface area contributed by atoms with Gasteiger partial charge in [-0.25, -0.2) is 14.8 Å². The second kappa shape index (κ2) is 11.2. The highest BCUT2D eigenvalue weighted by molar-refractivity contribution is 5.77. The second-order valence-electron chi connectivity index (χ2n) is 8.12. The Balaban J connectivity index is 1.44. The molecule has 1 aliphatic heterocycles. The number of esters is 1. The van der Waals surface area contributed by atoms with Gasteiger partial charge in [0.05, 0.1) is 25.6 Å². The number of ether oxygens (including phenoxy) is 4. The zero-order valence-corrected chi connectivity index (χ0v) is 18.6. The van der Waals surface area contributed by atoms with Crippen molar-refractivity contribution in [2.24, 2.45) is 0 Å². The van der Waals surface area contributed by atoms with E-state index in [1.807, 2.05) is 12.1 Å². The van der Waals surface area contributed by atoms with E-state index < -0.39 is 17.9 Å². The number of hydrogen-bond acceptors (Lipinski definition) is 7. The molecule has 0 amide bonds. The second-order valence-corrected chi connectivity index (χ2v) is 8.12. The largest absolute Gasteiger partial charge is 0.490 e. The Bertz CT molecular complexity index is 821. The fourth-order valence-corrected chi connectivity index (χ4v) is 3.27. The van der Waals surface area contributed by atoms with Gasteiger partial charge in [0.25, 0.3) is 0 Å². The molecule has 3 rings (SSSR count). The van der Waals surface area contributed by atoms with Crippen LogP contribution < -0.4 is 9.47 Å². The lowest BCUT2D eigenvalue weighted by atomic mass is 10.1. The van der Waals surface area contributed by atoms with Crippen LogP contribution >= 0.6 is 0 Å². The first-order valence-electron chi connectivity index (χ1n) is 11.1. The molecule has 2 aromatic rings. The standard InChI is InChI=1S/C24H32N2O5/c1-4-5-6-7-8-9-14-28-20-15-25-22(26-16-20)18-10-12-19(13-11-18)30-23(27)21-17-29-24(2,3)31-21/h10-13,15-16,21H,4-9,14,17H2,1-3H3. The molecular weight excluding hydrogens is 396 g/mol. The number of benzene rings is 1. The number of carbonyl (C=O) groups excluding carboxylic acids is 1. The topological polar surface area (TPSA) is 79.8 Å². The van der Waals surface area contributed by atoms with Crippen LogP contribution in [0.1, 0.15) is 59.3 Å². The van der Waals surface area contributed by atoms with Crippen LogP contribution in [0.25, 0.3) is 11.4 Å². The van der Waals surface area contributed by atoms with Gasteiger partial charge in [0, 0.05) is 5.56 Å². The number of unbranched alkanes of at least 4 members (excludes halogenated alkanes) is 5. The molecule has 1 aliphatic rings. The van der Waals surface area contributed by atoms with Crippen molar-refractivity contribution in [1.29, 1.82) is 0 Å². The third-order valence-electron chi connectivity index (χ3n) is 5.00. The molecule has 31 heavy (non-hydrogen) atoms. The van der Waals surface area contributed by atoms with E-state index in [9.17, 15) is 4.79 Å². The van der Waals surface area contributed by atoms with Crippen molar-refractivity contribution in [3.8, 4) is 22.9 Å². The molecule has 7 heteroatoms. The monoisotopic (exact) mass is 428 g/mol. The van der Waals surface area contributed by atoms with Crippen molar-refractivity contribution >= 4 is 5.97 Å². The molecule has 0 saturated carbocycles. The van der Waals surface area contributed by atoms with Gasteiger partial charge in [-0.15, -0.1) is 0 Å². The van der Waals surface area contributed by atoms with Crippen molar-refractivity contribution in [3.63, 3.8) is 0 Å². The third kappa shape index (κ3) is 7.29. The number of carbonyl (C=O) groups is 1. The molecule has 0 N–H and O–H groups in total. The van der Waals surface area contributed by atoms with Gasteiger partial charge in [0.1, 0.15) is 5.75 Å². The summed E-state index contributed by atoms with van der Waals surface area (Å²) in [6.45, 7) is 6.62. The first-order valence-corrected chi connectivity index (χ1v) is 11.1. The van der Waals surface area contributed by atoms with Crippen LogP contribution in [0.5, 0.6) is 11.5 Å². The number of hydrogen-bond donors (Lipinski definition) is 0. The summed E-state index contributed by atoms with van der Waals surface area (Å²) in [5, 5.41) is 0. The highest BCUT2D eigenvalue weighted by Crippen LogP contribution is 2.25. The Labute approximate surface area is 184 Å². The molecule has 0 aliphatic carbocycles. The number of nitrogens with zero attached hydrogens (tertiary/aromatic N) is 2.